The molecule has 2 heterocycles. The topological polar surface area (TPSA) is 57.0 Å². The molecule has 0 amide bonds. The summed E-state index contributed by atoms with van der Waals surface area (Å²) in [5.41, 5.74) is 4.57. The van der Waals surface area contributed by atoms with Crippen LogP contribution in [0.3, 0.4) is 0 Å². The van der Waals surface area contributed by atoms with Crippen molar-refractivity contribution in [2.24, 2.45) is 0 Å². The SMILES string of the molecule is CC(C)=CCC/C(C)=C/CC[C@](C)(O)[C@H]1CC2=C3C=CC=CC3[NH+]([O-])C(C)=C2O1. The van der Waals surface area contributed by atoms with Crippen LogP contribution < -0.4 is 5.06 Å². The van der Waals surface area contributed by atoms with E-state index in [1.807, 2.05) is 38.2 Å². The standard InChI is InChI=1S/C25H35NO3/c1-17(2)10-8-11-18(3)12-9-15-25(5,27)23-16-21-20-13-6-7-14-22(20)26(28)19(4)24(21)29-23/h6-7,10,12-14,22-23,26-27H,8-9,11,15-16H2,1-5H3/b18-12+/t22?,23-,25+/m1/s1. The smallest absolute Gasteiger partial charge is 0.179 e. The number of aliphatic hydroxyl groups is 1. The van der Waals surface area contributed by atoms with Crippen LogP contribution in [0.5, 0.6) is 0 Å². The number of fused-ring (bicyclic) bond motifs is 2. The van der Waals surface area contributed by atoms with E-state index in [0.29, 0.717) is 24.3 Å². The Bertz CT molecular complexity index is 819. The summed E-state index contributed by atoms with van der Waals surface area (Å²) in [5, 5.41) is 24.0. The van der Waals surface area contributed by atoms with E-state index in [9.17, 15) is 10.3 Å². The van der Waals surface area contributed by atoms with E-state index in [4.69, 9.17) is 4.74 Å². The highest BCUT2D eigenvalue weighted by Crippen LogP contribution is 2.41. The molecule has 4 nitrogen and oxygen atoms in total. The van der Waals surface area contributed by atoms with Crippen LogP contribution in [0.25, 0.3) is 0 Å². The van der Waals surface area contributed by atoms with E-state index in [-0.39, 0.29) is 17.2 Å². The number of hydroxylamine groups is 2. The fraction of sp³-hybridized carbons (Fsp3) is 0.520. The van der Waals surface area contributed by atoms with Crippen LogP contribution in [-0.4, -0.2) is 22.9 Å². The summed E-state index contributed by atoms with van der Waals surface area (Å²) < 4.78 is 6.18. The molecule has 0 aromatic heterocycles. The Morgan fingerprint density at radius 3 is 2.76 bits per heavy atom. The van der Waals surface area contributed by atoms with Gasteiger partial charge in [-0.25, -0.2) is 0 Å². The van der Waals surface area contributed by atoms with Crippen LogP contribution in [-0.2, 0) is 4.74 Å². The molecule has 2 aliphatic heterocycles. The summed E-state index contributed by atoms with van der Waals surface area (Å²) in [5.74, 6) is 0.694. The van der Waals surface area contributed by atoms with Gasteiger partial charge in [0.05, 0.1) is 5.60 Å². The number of ether oxygens (including phenoxy) is 1. The Labute approximate surface area is 175 Å². The maximum atomic E-state index is 12.7. The second-order valence-electron chi connectivity index (χ2n) is 9.05. The first-order valence-corrected chi connectivity index (χ1v) is 10.7. The fourth-order valence-electron chi connectivity index (χ4n) is 4.31. The Kier molecular flexibility index (Phi) is 6.67. The van der Waals surface area contributed by atoms with Crippen molar-refractivity contribution < 1.29 is 14.9 Å². The fourth-order valence-corrected chi connectivity index (χ4v) is 4.31. The highest BCUT2D eigenvalue weighted by Gasteiger charge is 2.45. The molecule has 0 radical (unpaired) electrons. The Hall–Kier alpha value is -1.88. The molecular formula is C25H35NO3. The van der Waals surface area contributed by atoms with Crippen molar-refractivity contribution in [1.82, 2.24) is 0 Å². The predicted octanol–water partition coefficient (Wildman–Crippen LogP) is 4.42. The van der Waals surface area contributed by atoms with Crippen LogP contribution in [0.4, 0.5) is 0 Å². The lowest BCUT2D eigenvalue weighted by Gasteiger charge is -2.36. The summed E-state index contributed by atoms with van der Waals surface area (Å²) >= 11 is 0. The molecule has 29 heavy (non-hydrogen) atoms. The van der Waals surface area contributed by atoms with E-state index in [2.05, 4.69) is 32.9 Å². The molecule has 2 N–H and O–H groups in total. The molecule has 0 aromatic rings. The van der Waals surface area contributed by atoms with Gasteiger partial charge in [0.15, 0.2) is 5.76 Å². The quantitative estimate of drug-likeness (QED) is 0.494. The van der Waals surface area contributed by atoms with E-state index in [0.717, 1.165) is 30.4 Å². The Morgan fingerprint density at radius 1 is 1.28 bits per heavy atom. The molecule has 3 aliphatic rings. The van der Waals surface area contributed by atoms with Gasteiger partial charge in [-0.15, -0.1) is 0 Å². The molecule has 0 spiro atoms. The van der Waals surface area contributed by atoms with Crippen LogP contribution >= 0.6 is 0 Å². The highest BCUT2D eigenvalue weighted by molar-refractivity contribution is 5.49. The van der Waals surface area contributed by atoms with Gasteiger partial charge in [0.2, 0.25) is 0 Å². The van der Waals surface area contributed by atoms with Gasteiger partial charge in [-0.3, -0.25) is 0 Å². The van der Waals surface area contributed by atoms with Crippen LogP contribution in [0.1, 0.15) is 66.7 Å². The largest absolute Gasteiger partial charge is 0.628 e. The molecule has 4 atom stereocenters. The maximum Gasteiger partial charge on any atom is 0.179 e. The van der Waals surface area contributed by atoms with E-state index >= 15 is 0 Å². The maximum absolute atomic E-state index is 12.7. The molecule has 0 aromatic carbocycles. The van der Waals surface area contributed by atoms with Crippen molar-refractivity contribution in [3.05, 3.63) is 75.4 Å². The molecule has 158 valence electrons. The van der Waals surface area contributed by atoms with E-state index in [1.165, 1.54) is 11.1 Å². The zero-order valence-electron chi connectivity index (χ0n) is 18.4. The highest BCUT2D eigenvalue weighted by atomic mass is 16.5. The van der Waals surface area contributed by atoms with Crippen LogP contribution in [0.15, 0.2) is 70.2 Å². The summed E-state index contributed by atoms with van der Waals surface area (Å²) in [7, 11) is 0. The third-order valence-electron chi connectivity index (χ3n) is 6.22. The summed E-state index contributed by atoms with van der Waals surface area (Å²) in [6.07, 6.45) is 16.3. The normalized spacial score (nSPS) is 28.1. The first-order chi connectivity index (χ1) is 13.7. The predicted molar refractivity (Wildman–Crippen MR) is 118 cm³/mol. The number of allylic oxidation sites excluding steroid dienone is 8. The molecule has 3 rings (SSSR count). The van der Waals surface area contributed by atoms with Gasteiger partial charge in [-0.1, -0.05) is 41.5 Å². The van der Waals surface area contributed by atoms with E-state index < -0.39 is 5.60 Å². The molecule has 0 bridgehead atoms. The minimum Gasteiger partial charge on any atom is -0.628 e. The first-order valence-electron chi connectivity index (χ1n) is 10.7. The lowest BCUT2D eigenvalue weighted by atomic mass is 9.86. The van der Waals surface area contributed by atoms with Crippen molar-refractivity contribution in [3.8, 4) is 0 Å². The monoisotopic (exact) mass is 397 g/mol. The summed E-state index contributed by atoms with van der Waals surface area (Å²) in [6.45, 7) is 10.1. The zero-order valence-corrected chi connectivity index (χ0v) is 18.4. The minimum atomic E-state index is -0.943. The second kappa shape index (κ2) is 8.86. The van der Waals surface area contributed by atoms with Crippen molar-refractivity contribution in [2.75, 3.05) is 0 Å². The van der Waals surface area contributed by atoms with Gasteiger partial charge in [0, 0.05) is 24.5 Å². The van der Waals surface area contributed by atoms with Crippen molar-refractivity contribution in [1.29, 1.82) is 0 Å². The van der Waals surface area contributed by atoms with Crippen molar-refractivity contribution in [2.45, 2.75) is 84.5 Å². The molecule has 1 saturated heterocycles. The number of quaternary nitrogens is 1. The molecule has 1 fully saturated rings. The molecule has 4 heteroatoms. The number of nitrogens with one attached hydrogen (secondary N) is 1. The number of rotatable bonds is 7. The molecular weight excluding hydrogens is 362 g/mol. The van der Waals surface area contributed by atoms with Crippen molar-refractivity contribution >= 4 is 0 Å². The third-order valence-corrected chi connectivity index (χ3v) is 6.22. The zero-order chi connectivity index (χ0) is 21.2. The Balaban J connectivity index is 1.66. The lowest BCUT2D eigenvalue weighted by Crippen LogP contribution is -3.10. The number of hydrogen-bond donors (Lipinski definition) is 2. The second-order valence-corrected chi connectivity index (χ2v) is 9.05. The number of hydrogen-bond acceptors (Lipinski definition) is 3. The average molecular weight is 398 g/mol. The minimum absolute atomic E-state index is 0.106. The molecule has 1 aliphatic carbocycles. The molecule has 2 unspecified atom stereocenters. The first kappa shape index (κ1) is 21.8. The third kappa shape index (κ3) is 4.82. The van der Waals surface area contributed by atoms with Gasteiger partial charge >= 0.3 is 0 Å². The summed E-state index contributed by atoms with van der Waals surface area (Å²) in [4.78, 5) is 0. The van der Waals surface area contributed by atoms with Gasteiger partial charge in [-0.2, -0.15) is 0 Å². The van der Waals surface area contributed by atoms with Gasteiger partial charge in [0.1, 0.15) is 17.8 Å². The van der Waals surface area contributed by atoms with Gasteiger partial charge < -0.3 is 20.1 Å². The average Bonchev–Trinajstić information content (AvgIpc) is 3.12. The van der Waals surface area contributed by atoms with E-state index in [1.54, 1.807) is 0 Å². The van der Waals surface area contributed by atoms with Gasteiger partial charge in [0.25, 0.3) is 0 Å². The van der Waals surface area contributed by atoms with Gasteiger partial charge in [-0.05, 0) is 59.5 Å². The van der Waals surface area contributed by atoms with Crippen LogP contribution in [0.2, 0.25) is 0 Å². The molecule has 0 saturated carbocycles. The van der Waals surface area contributed by atoms with Crippen LogP contribution in [0, 0.1) is 5.21 Å². The lowest BCUT2D eigenvalue weighted by molar-refractivity contribution is -0.823. The summed E-state index contributed by atoms with van der Waals surface area (Å²) in [6, 6.07) is -0.197. The Morgan fingerprint density at radius 2 is 2.03 bits per heavy atom. The van der Waals surface area contributed by atoms with Crippen molar-refractivity contribution in [3.63, 3.8) is 0 Å².